The van der Waals surface area contributed by atoms with Crippen LogP contribution in [0.4, 0.5) is 0 Å². The summed E-state index contributed by atoms with van der Waals surface area (Å²) in [6.07, 6.45) is 1.57. The molecule has 0 aliphatic carbocycles. The first-order chi connectivity index (χ1) is 9.88. The van der Waals surface area contributed by atoms with E-state index < -0.39 is 5.54 Å². The molecule has 0 aromatic heterocycles. The van der Waals surface area contributed by atoms with Crippen molar-refractivity contribution in [1.82, 2.24) is 10.2 Å². The first-order valence-corrected chi connectivity index (χ1v) is 7.29. The van der Waals surface area contributed by atoms with Crippen molar-refractivity contribution >= 4 is 11.8 Å². The predicted octanol–water partition coefficient (Wildman–Crippen LogP) is 1.16. The van der Waals surface area contributed by atoms with E-state index in [0.29, 0.717) is 19.5 Å². The molecule has 2 amide bonds. The van der Waals surface area contributed by atoms with Crippen LogP contribution in [-0.4, -0.2) is 28.8 Å². The Kier molecular flexibility index (Phi) is 4.63. The lowest BCUT2D eigenvalue weighted by Gasteiger charge is -2.20. The highest BCUT2D eigenvalue weighted by atomic mass is 16.2. The maximum absolute atomic E-state index is 11.8. The summed E-state index contributed by atoms with van der Waals surface area (Å²) in [5.74, 6) is 0.0199. The molecule has 0 radical (unpaired) electrons. The number of rotatable bonds is 5. The fourth-order valence-electron chi connectivity index (χ4n) is 2.36. The number of benzene rings is 1. The van der Waals surface area contributed by atoms with Crippen molar-refractivity contribution in [1.29, 1.82) is 0 Å². The summed E-state index contributed by atoms with van der Waals surface area (Å²) in [7, 11) is 0. The third-order valence-electron chi connectivity index (χ3n) is 3.68. The number of nitrogens with two attached hydrogens (primary N) is 1. The molecule has 1 saturated heterocycles. The van der Waals surface area contributed by atoms with Crippen molar-refractivity contribution < 1.29 is 9.59 Å². The van der Waals surface area contributed by atoms with E-state index in [4.69, 9.17) is 5.73 Å². The third kappa shape index (κ3) is 4.04. The predicted molar refractivity (Wildman–Crippen MR) is 81.2 cm³/mol. The number of nitrogens with one attached hydrogen (secondary N) is 1. The standard InChI is InChI=1S/C16H23N3O2/c1-16(2,17)15(21)18-10-12-6-3-4-7-13(12)11-19-9-5-8-14(19)20/h3-4,6-7H,5,8-11,17H2,1-2H3,(H,18,21). The van der Waals surface area contributed by atoms with E-state index in [0.717, 1.165) is 24.1 Å². The van der Waals surface area contributed by atoms with Gasteiger partial charge in [0.25, 0.3) is 0 Å². The molecule has 0 bridgehead atoms. The zero-order valence-corrected chi connectivity index (χ0v) is 12.7. The number of hydrogen-bond donors (Lipinski definition) is 2. The second-order valence-electron chi connectivity index (χ2n) is 6.09. The van der Waals surface area contributed by atoms with Gasteiger partial charge in [-0.25, -0.2) is 0 Å². The first-order valence-electron chi connectivity index (χ1n) is 7.29. The zero-order chi connectivity index (χ0) is 15.5. The van der Waals surface area contributed by atoms with Gasteiger partial charge in [0.15, 0.2) is 0 Å². The molecule has 1 aromatic carbocycles. The van der Waals surface area contributed by atoms with E-state index in [1.807, 2.05) is 29.2 Å². The molecule has 5 heteroatoms. The van der Waals surface area contributed by atoms with E-state index in [1.54, 1.807) is 13.8 Å². The summed E-state index contributed by atoms with van der Waals surface area (Å²) in [5.41, 5.74) is 6.97. The lowest BCUT2D eigenvalue weighted by molar-refractivity contribution is -0.128. The van der Waals surface area contributed by atoms with Crippen molar-refractivity contribution in [2.24, 2.45) is 5.73 Å². The van der Waals surface area contributed by atoms with Crippen molar-refractivity contribution in [2.45, 2.75) is 45.3 Å². The van der Waals surface area contributed by atoms with Gasteiger partial charge in [0.05, 0.1) is 5.54 Å². The molecule has 3 N–H and O–H groups in total. The van der Waals surface area contributed by atoms with E-state index in [2.05, 4.69) is 5.32 Å². The lowest BCUT2D eigenvalue weighted by atomic mass is 10.0. The van der Waals surface area contributed by atoms with Gasteiger partial charge >= 0.3 is 0 Å². The average molecular weight is 289 g/mol. The van der Waals surface area contributed by atoms with Crippen LogP contribution in [0.1, 0.15) is 37.8 Å². The summed E-state index contributed by atoms with van der Waals surface area (Å²) in [4.78, 5) is 25.4. The SMILES string of the molecule is CC(C)(N)C(=O)NCc1ccccc1CN1CCCC1=O. The smallest absolute Gasteiger partial charge is 0.239 e. The van der Waals surface area contributed by atoms with Crippen LogP contribution >= 0.6 is 0 Å². The van der Waals surface area contributed by atoms with Gasteiger partial charge in [-0.05, 0) is 31.4 Å². The van der Waals surface area contributed by atoms with Crippen LogP contribution in [0.25, 0.3) is 0 Å². The van der Waals surface area contributed by atoms with E-state index in [1.165, 1.54) is 0 Å². The molecule has 1 aromatic rings. The molecule has 114 valence electrons. The Morgan fingerprint density at radius 3 is 2.57 bits per heavy atom. The molecule has 1 aliphatic rings. The molecule has 1 aliphatic heterocycles. The summed E-state index contributed by atoms with van der Waals surface area (Å²) in [6, 6.07) is 7.86. The highest BCUT2D eigenvalue weighted by molar-refractivity contribution is 5.85. The van der Waals surface area contributed by atoms with Crippen LogP contribution in [0, 0.1) is 0 Å². The fraction of sp³-hybridized carbons (Fsp3) is 0.500. The number of hydrogen-bond acceptors (Lipinski definition) is 3. The topological polar surface area (TPSA) is 75.4 Å². The van der Waals surface area contributed by atoms with Gasteiger partial charge in [0.1, 0.15) is 0 Å². The van der Waals surface area contributed by atoms with Gasteiger partial charge in [-0.3, -0.25) is 9.59 Å². The van der Waals surface area contributed by atoms with Crippen molar-refractivity contribution in [3.8, 4) is 0 Å². The Hall–Kier alpha value is -1.88. The minimum Gasteiger partial charge on any atom is -0.350 e. The number of carbonyl (C=O) groups excluding carboxylic acids is 2. The van der Waals surface area contributed by atoms with Gasteiger partial charge in [0, 0.05) is 26.1 Å². The molecule has 0 spiro atoms. The van der Waals surface area contributed by atoms with Crippen LogP contribution in [-0.2, 0) is 22.7 Å². The zero-order valence-electron chi connectivity index (χ0n) is 12.7. The lowest BCUT2D eigenvalue weighted by Crippen LogP contribution is -2.48. The second kappa shape index (κ2) is 6.26. The molecule has 0 unspecified atom stereocenters. The van der Waals surface area contributed by atoms with E-state index in [9.17, 15) is 9.59 Å². The molecular formula is C16H23N3O2. The highest BCUT2D eigenvalue weighted by Crippen LogP contribution is 2.17. The van der Waals surface area contributed by atoms with E-state index >= 15 is 0 Å². The number of amides is 2. The maximum atomic E-state index is 11.8. The third-order valence-corrected chi connectivity index (χ3v) is 3.68. The van der Waals surface area contributed by atoms with Crippen LogP contribution in [0.5, 0.6) is 0 Å². The van der Waals surface area contributed by atoms with Gasteiger partial charge in [-0.2, -0.15) is 0 Å². The van der Waals surface area contributed by atoms with Crippen molar-refractivity contribution in [3.05, 3.63) is 35.4 Å². The van der Waals surface area contributed by atoms with Gasteiger partial charge in [-0.1, -0.05) is 24.3 Å². The van der Waals surface area contributed by atoms with Gasteiger partial charge in [0.2, 0.25) is 11.8 Å². The fourth-order valence-corrected chi connectivity index (χ4v) is 2.36. The van der Waals surface area contributed by atoms with Crippen molar-refractivity contribution in [2.75, 3.05) is 6.54 Å². The first kappa shape index (κ1) is 15.5. The number of carbonyl (C=O) groups is 2. The Morgan fingerprint density at radius 1 is 1.33 bits per heavy atom. The van der Waals surface area contributed by atoms with Crippen LogP contribution in [0.3, 0.4) is 0 Å². The molecule has 1 heterocycles. The average Bonchev–Trinajstić information content (AvgIpc) is 2.82. The largest absolute Gasteiger partial charge is 0.350 e. The highest BCUT2D eigenvalue weighted by Gasteiger charge is 2.23. The van der Waals surface area contributed by atoms with Crippen LogP contribution in [0.2, 0.25) is 0 Å². The van der Waals surface area contributed by atoms with Gasteiger partial charge in [-0.15, -0.1) is 0 Å². The Labute approximate surface area is 125 Å². The minimum absolute atomic E-state index is 0.186. The summed E-state index contributed by atoms with van der Waals surface area (Å²) < 4.78 is 0. The quantitative estimate of drug-likeness (QED) is 0.854. The molecule has 1 fully saturated rings. The minimum atomic E-state index is -0.889. The molecule has 0 saturated carbocycles. The summed E-state index contributed by atoms with van der Waals surface area (Å²) in [6.45, 7) is 5.21. The molecule has 0 atom stereocenters. The monoisotopic (exact) mass is 289 g/mol. The Bertz CT molecular complexity index is 535. The van der Waals surface area contributed by atoms with E-state index in [-0.39, 0.29) is 11.8 Å². The molecule has 2 rings (SSSR count). The number of likely N-dealkylation sites (tertiary alicyclic amines) is 1. The second-order valence-corrected chi connectivity index (χ2v) is 6.09. The van der Waals surface area contributed by atoms with Crippen molar-refractivity contribution in [3.63, 3.8) is 0 Å². The molecule has 5 nitrogen and oxygen atoms in total. The van der Waals surface area contributed by atoms with Gasteiger partial charge < -0.3 is 16.0 Å². The Balaban J connectivity index is 2.03. The Morgan fingerprint density at radius 2 is 2.00 bits per heavy atom. The summed E-state index contributed by atoms with van der Waals surface area (Å²) in [5, 5.41) is 2.85. The van der Waals surface area contributed by atoms with Crippen LogP contribution in [0.15, 0.2) is 24.3 Å². The normalized spacial score (nSPS) is 15.4. The maximum Gasteiger partial charge on any atom is 0.239 e. The molecular weight excluding hydrogens is 266 g/mol. The van der Waals surface area contributed by atoms with Crippen LogP contribution < -0.4 is 11.1 Å². The number of nitrogens with zero attached hydrogens (tertiary/aromatic N) is 1. The molecule has 21 heavy (non-hydrogen) atoms. The summed E-state index contributed by atoms with van der Waals surface area (Å²) >= 11 is 0.